The van der Waals surface area contributed by atoms with E-state index in [1.165, 1.54) is 0 Å². The van der Waals surface area contributed by atoms with Gasteiger partial charge < -0.3 is 18.8 Å². The van der Waals surface area contributed by atoms with Crippen LogP contribution in [0.25, 0.3) is 22.0 Å². The highest BCUT2D eigenvalue weighted by molar-refractivity contribution is 6.65. The molecule has 2 aliphatic rings. The fourth-order valence-corrected chi connectivity index (χ4v) is 4.19. The molecule has 0 aliphatic carbocycles. The largest absolute Gasteiger partial charge is 0.495 e. The molecule has 1 aromatic heterocycles. The molecule has 0 amide bonds. The average Bonchev–Trinajstić information content (AvgIpc) is 3.01. The number of benzene rings is 2. The minimum Gasteiger partial charge on any atom is -0.465 e. The molecule has 0 spiro atoms. The van der Waals surface area contributed by atoms with Crippen LogP contribution in [-0.2, 0) is 14.0 Å². The Kier molecular flexibility index (Phi) is 5.48. The Morgan fingerprint density at radius 3 is 2.41 bits per heavy atom. The van der Waals surface area contributed by atoms with Gasteiger partial charge in [-0.15, -0.1) is 0 Å². The van der Waals surface area contributed by atoms with Crippen molar-refractivity contribution in [1.29, 1.82) is 0 Å². The van der Waals surface area contributed by atoms with Gasteiger partial charge in [-0.2, -0.15) is 0 Å². The highest BCUT2D eigenvalue weighted by Gasteiger charge is 2.52. The monoisotopic (exact) mass is 431 g/mol. The van der Waals surface area contributed by atoms with Crippen molar-refractivity contribution >= 4 is 23.4 Å². The van der Waals surface area contributed by atoms with Crippen molar-refractivity contribution in [3.8, 4) is 17.0 Å². The van der Waals surface area contributed by atoms with Crippen molar-refractivity contribution in [2.75, 3.05) is 6.61 Å². The highest BCUT2D eigenvalue weighted by atomic mass is 16.7. The summed E-state index contributed by atoms with van der Waals surface area (Å²) in [5.41, 5.74) is 2.23. The highest BCUT2D eigenvalue weighted by Crippen LogP contribution is 2.37. The van der Waals surface area contributed by atoms with E-state index in [9.17, 15) is 0 Å². The summed E-state index contributed by atoms with van der Waals surface area (Å²) in [4.78, 5) is 4.75. The third kappa shape index (κ3) is 4.03. The Morgan fingerprint density at radius 1 is 0.969 bits per heavy atom. The second kappa shape index (κ2) is 8.18. The lowest BCUT2D eigenvalue weighted by molar-refractivity contribution is -0.105. The first-order valence-corrected chi connectivity index (χ1v) is 11.5. The van der Waals surface area contributed by atoms with E-state index in [0.29, 0.717) is 0 Å². The normalized spacial score (nSPS) is 22.2. The van der Waals surface area contributed by atoms with Crippen LogP contribution in [0.3, 0.4) is 0 Å². The predicted molar refractivity (Wildman–Crippen MR) is 127 cm³/mol. The van der Waals surface area contributed by atoms with Gasteiger partial charge in [0.2, 0.25) is 0 Å². The Balaban J connectivity index is 1.39. The zero-order valence-corrected chi connectivity index (χ0v) is 19.3. The topological polar surface area (TPSA) is 49.8 Å². The third-order valence-electron chi connectivity index (χ3n) is 6.86. The number of fused-ring (bicyclic) bond motifs is 1. The molecule has 2 aliphatic heterocycles. The third-order valence-corrected chi connectivity index (χ3v) is 6.86. The number of nitrogens with zero attached hydrogens (tertiary/aromatic N) is 1. The van der Waals surface area contributed by atoms with Crippen LogP contribution in [0.1, 0.15) is 47.0 Å². The maximum absolute atomic E-state index is 6.27. The molecule has 5 nitrogen and oxygen atoms in total. The lowest BCUT2D eigenvalue weighted by Gasteiger charge is -2.32. The first-order valence-electron chi connectivity index (χ1n) is 11.5. The summed E-state index contributed by atoms with van der Waals surface area (Å²) in [5.74, 6) is 0.824. The van der Waals surface area contributed by atoms with Crippen molar-refractivity contribution < 1.29 is 18.8 Å². The fraction of sp³-hybridized carbons (Fsp3) is 0.423. The number of hydrogen-bond acceptors (Lipinski definition) is 5. The van der Waals surface area contributed by atoms with Crippen LogP contribution < -0.4 is 10.2 Å². The van der Waals surface area contributed by atoms with Crippen LogP contribution in [0.2, 0.25) is 0 Å². The number of pyridine rings is 1. The summed E-state index contributed by atoms with van der Waals surface area (Å²) >= 11 is 0. The molecule has 0 radical (unpaired) electrons. The van der Waals surface area contributed by atoms with Gasteiger partial charge in [-0.3, -0.25) is 4.98 Å². The second-order valence-corrected chi connectivity index (χ2v) is 9.66. The second-order valence-electron chi connectivity index (χ2n) is 9.66. The predicted octanol–water partition coefficient (Wildman–Crippen LogP) is 5.11. The fourth-order valence-electron chi connectivity index (χ4n) is 4.19. The summed E-state index contributed by atoms with van der Waals surface area (Å²) in [6.45, 7) is 9.06. The zero-order valence-electron chi connectivity index (χ0n) is 19.3. The van der Waals surface area contributed by atoms with Crippen molar-refractivity contribution in [2.45, 2.75) is 64.4 Å². The van der Waals surface area contributed by atoms with E-state index in [1.807, 2.05) is 36.5 Å². The minimum atomic E-state index is -0.408. The summed E-state index contributed by atoms with van der Waals surface area (Å²) in [6.07, 6.45) is 4.99. The van der Waals surface area contributed by atoms with Crippen molar-refractivity contribution in [3.05, 3.63) is 54.7 Å². The summed E-state index contributed by atoms with van der Waals surface area (Å²) in [7, 11) is -0.408. The van der Waals surface area contributed by atoms with Crippen molar-refractivity contribution in [3.63, 3.8) is 0 Å². The maximum Gasteiger partial charge on any atom is 0.495 e. The van der Waals surface area contributed by atoms with Gasteiger partial charge in [-0.25, -0.2) is 0 Å². The Hall–Kier alpha value is -2.41. The van der Waals surface area contributed by atoms with Crippen LogP contribution in [-0.4, -0.2) is 36.2 Å². The molecular formula is C26H30BNO4. The van der Waals surface area contributed by atoms with Gasteiger partial charge >= 0.3 is 7.12 Å². The molecule has 166 valence electrons. The van der Waals surface area contributed by atoms with Crippen LogP contribution in [0.5, 0.6) is 5.75 Å². The molecule has 1 unspecified atom stereocenters. The Bertz CT molecular complexity index is 1090. The smallest absolute Gasteiger partial charge is 0.465 e. The standard InChI is InChI=1S/C26H30BNO4/c1-25(2)26(3,4)32-27(31-25)22-9-7-8-19-16-23(28-17-21(19)22)18-11-13-20(14-12-18)30-24-10-5-6-15-29-24/h7-9,11-14,16-17,24H,5-6,10,15H2,1-4H3. The number of hydrogen-bond donors (Lipinski definition) is 0. The number of aromatic nitrogens is 1. The molecular weight excluding hydrogens is 401 g/mol. The van der Waals surface area contributed by atoms with E-state index >= 15 is 0 Å². The summed E-state index contributed by atoms with van der Waals surface area (Å²) in [6, 6.07) is 16.4. The molecule has 2 aromatic carbocycles. The molecule has 6 heteroatoms. The van der Waals surface area contributed by atoms with Gasteiger partial charge in [-0.1, -0.05) is 18.2 Å². The molecule has 5 rings (SSSR count). The van der Waals surface area contributed by atoms with Gasteiger partial charge in [0, 0.05) is 18.2 Å². The molecule has 3 heterocycles. The van der Waals surface area contributed by atoms with Gasteiger partial charge in [0.25, 0.3) is 0 Å². The van der Waals surface area contributed by atoms with E-state index in [1.54, 1.807) is 0 Å². The molecule has 0 saturated carbocycles. The number of ether oxygens (including phenoxy) is 2. The number of rotatable bonds is 4. The van der Waals surface area contributed by atoms with Crippen LogP contribution in [0.15, 0.2) is 54.7 Å². The summed E-state index contributed by atoms with van der Waals surface area (Å²) in [5, 5.41) is 2.15. The van der Waals surface area contributed by atoms with E-state index in [4.69, 9.17) is 23.8 Å². The summed E-state index contributed by atoms with van der Waals surface area (Å²) < 4.78 is 24.2. The molecule has 1 atom stereocenters. The van der Waals surface area contributed by atoms with Crippen molar-refractivity contribution in [2.24, 2.45) is 0 Å². The van der Waals surface area contributed by atoms with E-state index in [2.05, 4.69) is 45.9 Å². The first kappa shape index (κ1) is 21.4. The molecule has 3 aromatic rings. The van der Waals surface area contributed by atoms with Crippen molar-refractivity contribution in [1.82, 2.24) is 4.98 Å². The molecule has 0 bridgehead atoms. The first-order chi connectivity index (χ1) is 15.3. The van der Waals surface area contributed by atoms with E-state index in [-0.39, 0.29) is 17.5 Å². The van der Waals surface area contributed by atoms with Gasteiger partial charge in [-0.05, 0) is 87.1 Å². The minimum absolute atomic E-state index is 0.137. The van der Waals surface area contributed by atoms with Gasteiger partial charge in [0.1, 0.15) is 5.75 Å². The van der Waals surface area contributed by atoms with Gasteiger partial charge in [0.15, 0.2) is 6.29 Å². The molecule has 2 fully saturated rings. The van der Waals surface area contributed by atoms with Crippen LogP contribution in [0.4, 0.5) is 0 Å². The SMILES string of the molecule is CC1(C)OB(c2cccc3cc(-c4ccc(OC5CCCCO5)cc4)ncc23)OC1(C)C. The maximum atomic E-state index is 6.27. The van der Waals surface area contributed by atoms with Crippen LogP contribution in [0, 0.1) is 0 Å². The van der Waals surface area contributed by atoms with E-state index < -0.39 is 7.12 Å². The molecule has 2 saturated heterocycles. The van der Waals surface area contributed by atoms with E-state index in [0.717, 1.165) is 59.1 Å². The lowest BCUT2D eigenvalue weighted by Crippen LogP contribution is -2.41. The molecule has 32 heavy (non-hydrogen) atoms. The Labute approximate surface area is 190 Å². The molecule has 0 N–H and O–H groups in total. The zero-order chi connectivity index (χ0) is 22.3. The quantitative estimate of drug-likeness (QED) is 0.538. The Morgan fingerprint density at radius 2 is 1.72 bits per heavy atom. The average molecular weight is 431 g/mol. The van der Waals surface area contributed by atoms with Crippen LogP contribution >= 0.6 is 0 Å². The lowest BCUT2D eigenvalue weighted by atomic mass is 9.76. The van der Waals surface area contributed by atoms with Gasteiger partial charge in [0.05, 0.1) is 23.5 Å².